The van der Waals surface area contributed by atoms with Crippen LogP contribution in [0.4, 0.5) is 4.39 Å². The van der Waals surface area contributed by atoms with E-state index in [9.17, 15) is 12.8 Å². The molecule has 1 aromatic carbocycles. The van der Waals surface area contributed by atoms with E-state index in [0.717, 1.165) is 0 Å². The molecule has 1 heterocycles. The highest BCUT2D eigenvalue weighted by molar-refractivity contribution is 7.88. The predicted molar refractivity (Wildman–Crippen MR) is 80.8 cm³/mol. The zero-order valence-electron chi connectivity index (χ0n) is 12.5. The Morgan fingerprint density at radius 3 is 2.55 bits per heavy atom. The summed E-state index contributed by atoms with van der Waals surface area (Å²) in [5, 5.41) is 7.97. The molecule has 1 atom stereocenters. The van der Waals surface area contributed by atoms with Crippen molar-refractivity contribution >= 4 is 10.0 Å². The molecule has 1 N–H and O–H groups in total. The van der Waals surface area contributed by atoms with Crippen LogP contribution in [0.15, 0.2) is 36.7 Å². The van der Waals surface area contributed by atoms with Gasteiger partial charge in [-0.15, -0.1) is 0 Å². The van der Waals surface area contributed by atoms with Gasteiger partial charge in [-0.2, -0.15) is 15.0 Å². The van der Waals surface area contributed by atoms with Crippen LogP contribution in [0.1, 0.15) is 19.4 Å². The van der Waals surface area contributed by atoms with Crippen LogP contribution < -0.4 is 4.72 Å². The van der Waals surface area contributed by atoms with Crippen LogP contribution in [0.25, 0.3) is 0 Å². The lowest BCUT2D eigenvalue weighted by molar-refractivity contribution is 0.361. The summed E-state index contributed by atoms with van der Waals surface area (Å²) in [7, 11) is -3.58. The quantitative estimate of drug-likeness (QED) is 0.838. The SMILES string of the molecule is CC(C)C(Cn1nccn1)NS(=O)(=O)Cc1cccc(F)c1. The summed E-state index contributed by atoms with van der Waals surface area (Å²) in [5.74, 6) is -0.650. The van der Waals surface area contributed by atoms with E-state index in [-0.39, 0.29) is 17.7 Å². The van der Waals surface area contributed by atoms with Crippen LogP contribution in [-0.4, -0.2) is 29.5 Å². The Hall–Kier alpha value is -1.80. The largest absolute Gasteiger partial charge is 0.216 e. The zero-order valence-corrected chi connectivity index (χ0v) is 13.3. The van der Waals surface area contributed by atoms with Gasteiger partial charge in [0.25, 0.3) is 0 Å². The molecular weight excluding hydrogens is 307 g/mol. The minimum atomic E-state index is -3.58. The highest BCUT2D eigenvalue weighted by Crippen LogP contribution is 2.11. The fourth-order valence-electron chi connectivity index (χ4n) is 2.02. The highest BCUT2D eigenvalue weighted by Gasteiger charge is 2.22. The molecule has 0 fully saturated rings. The second kappa shape index (κ2) is 6.97. The monoisotopic (exact) mass is 326 g/mol. The standard InChI is InChI=1S/C14H19FN4O2S/c1-11(2)14(9-19-16-6-7-17-19)18-22(20,21)10-12-4-3-5-13(15)8-12/h3-8,11,14,18H,9-10H2,1-2H3. The maximum absolute atomic E-state index is 13.2. The molecule has 1 unspecified atom stereocenters. The van der Waals surface area contributed by atoms with Crippen LogP contribution >= 0.6 is 0 Å². The second-order valence-corrected chi connectivity index (χ2v) is 7.20. The molecule has 0 aliphatic carbocycles. The van der Waals surface area contributed by atoms with Crippen molar-refractivity contribution in [2.24, 2.45) is 5.92 Å². The number of aromatic nitrogens is 3. The van der Waals surface area contributed by atoms with Gasteiger partial charge in [0.15, 0.2) is 0 Å². The smallest absolute Gasteiger partial charge is 0.212 e. The van der Waals surface area contributed by atoms with Gasteiger partial charge >= 0.3 is 0 Å². The number of nitrogens with one attached hydrogen (secondary N) is 1. The topological polar surface area (TPSA) is 76.9 Å². The predicted octanol–water partition coefficient (Wildman–Crippen LogP) is 1.56. The first-order valence-corrected chi connectivity index (χ1v) is 8.59. The van der Waals surface area contributed by atoms with Crippen molar-refractivity contribution in [2.45, 2.75) is 32.2 Å². The molecule has 2 aromatic rings. The first kappa shape index (κ1) is 16.6. The van der Waals surface area contributed by atoms with Gasteiger partial charge in [0.05, 0.1) is 24.7 Å². The van der Waals surface area contributed by atoms with E-state index in [1.165, 1.54) is 23.0 Å². The number of benzene rings is 1. The van der Waals surface area contributed by atoms with E-state index >= 15 is 0 Å². The Labute approximate surface area is 129 Å². The van der Waals surface area contributed by atoms with Gasteiger partial charge in [-0.05, 0) is 23.6 Å². The summed E-state index contributed by atoms with van der Waals surface area (Å²) in [6, 6.07) is 5.24. The van der Waals surface area contributed by atoms with Crippen molar-refractivity contribution in [2.75, 3.05) is 0 Å². The van der Waals surface area contributed by atoms with Crippen molar-refractivity contribution < 1.29 is 12.8 Å². The summed E-state index contributed by atoms with van der Waals surface area (Å²) in [6.45, 7) is 4.17. The van der Waals surface area contributed by atoms with Crippen LogP contribution in [0, 0.1) is 11.7 Å². The van der Waals surface area contributed by atoms with Crippen molar-refractivity contribution in [1.29, 1.82) is 0 Å². The lowest BCUT2D eigenvalue weighted by atomic mass is 10.1. The van der Waals surface area contributed by atoms with Crippen molar-refractivity contribution in [3.8, 4) is 0 Å². The Kier molecular flexibility index (Phi) is 5.25. The summed E-state index contributed by atoms with van der Waals surface area (Å²) in [5.41, 5.74) is 0.409. The number of rotatable bonds is 7. The highest BCUT2D eigenvalue weighted by atomic mass is 32.2. The van der Waals surface area contributed by atoms with Gasteiger partial charge in [0.2, 0.25) is 10.0 Å². The molecule has 0 aliphatic rings. The number of hydrogen-bond donors (Lipinski definition) is 1. The number of hydrogen-bond acceptors (Lipinski definition) is 4. The maximum Gasteiger partial charge on any atom is 0.216 e. The Bertz CT molecular complexity index is 701. The molecule has 0 amide bonds. The van der Waals surface area contributed by atoms with Crippen LogP contribution in [-0.2, 0) is 22.3 Å². The molecule has 0 radical (unpaired) electrons. The van der Waals surface area contributed by atoms with Gasteiger partial charge in [-0.3, -0.25) is 0 Å². The van der Waals surface area contributed by atoms with E-state index in [1.807, 2.05) is 13.8 Å². The average molecular weight is 326 g/mol. The van der Waals surface area contributed by atoms with Crippen LogP contribution in [0.3, 0.4) is 0 Å². The van der Waals surface area contributed by atoms with E-state index < -0.39 is 15.8 Å². The summed E-state index contributed by atoms with van der Waals surface area (Å²) in [6.07, 6.45) is 3.08. The maximum atomic E-state index is 13.2. The molecule has 2 rings (SSSR count). The molecule has 0 saturated carbocycles. The summed E-state index contributed by atoms with van der Waals surface area (Å²) < 4.78 is 40.3. The molecule has 0 aliphatic heterocycles. The Morgan fingerprint density at radius 1 is 1.27 bits per heavy atom. The average Bonchev–Trinajstić information content (AvgIpc) is 2.90. The van der Waals surface area contributed by atoms with Gasteiger partial charge in [-0.25, -0.2) is 17.5 Å². The van der Waals surface area contributed by atoms with E-state index in [1.54, 1.807) is 18.5 Å². The van der Waals surface area contributed by atoms with Gasteiger partial charge in [0.1, 0.15) is 5.82 Å². The third kappa shape index (κ3) is 4.88. The van der Waals surface area contributed by atoms with Gasteiger partial charge in [0, 0.05) is 6.04 Å². The first-order valence-electron chi connectivity index (χ1n) is 6.94. The molecule has 1 aromatic heterocycles. The fourth-order valence-corrected chi connectivity index (χ4v) is 3.53. The normalized spacial score (nSPS) is 13.5. The van der Waals surface area contributed by atoms with Crippen LogP contribution in [0.5, 0.6) is 0 Å². The number of nitrogens with zero attached hydrogens (tertiary/aromatic N) is 3. The number of sulfonamides is 1. The Morgan fingerprint density at radius 2 is 1.95 bits per heavy atom. The van der Waals surface area contributed by atoms with E-state index in [2.05, 4.69) is 14.9 Å². The molecule has 22 heavy (non-hydrogen) atoms. The lowest BCUT2D eigenvalue weighted by Crippen LogP contribution is -2.42. The van der Waals surface area contributed by atoms with Crippen molar-refractivity contribution in [1.82, 2.24) is 19.7 Å². The zero-order chi connectivity index (χ0) is 16.2. The molecule has 0 spiro atoms. The second-order valence-electron chi connectivity index (χ2n) is 5.44. The third-order valence-electron chi connectivity index (χ3n) is 3.21. The molecular formula is C14H19FN4O2S. The van der Waals surface area contributed by atoms with Gasteiger partial charge < -0.3 is 0 Å². The van der Waals surface area contributed by atoms with Crippen LogP contribution in [0.2, 0.25) is 0 Å². The van der Waals surface area contributed by atoms with E-state index in [0.29, 0.717) is 12.1 Å². The molecule has 8 heteroatoms. The first-order chi connectivity index (χ1) is 10.4. The Balaban J connectivity index is 2.07. The summed E-state index contributed by atoms with van der Waals surface area (Å²) in [4.78, 5) is 1.44. The fraction of sp³-hybridized carbons (Fsp3) is 0.429. The molecule has 6 nitrogen and oxygen atoms in total. The molecule has 0 saturated heterocycles. The minimum absolute atomic E-state index is 0.0632. The summed E-state index contributed by atoms with van der Waals surface area (Å²) >= 11 is 0. The van der Waals surface area contributed by atoms with Crippen molar-refractivity contribution in [3.63, 3.8) is 0 Å². The van der Waals surface area contributed by atoms with Gasteiger partial charge in [-0.1, -0.05) is 26.0 Å². The minimum Gasteiger partial charge on any atom is -0.212 e. The molecule has 120 valence electrons. The van der Waals surface area contributed by atoms with Crippen molar-refractivity contribution in [3.05, 3.63) is 48.0 Å². The lowest BCUT2D eigenvalue weighted by Gasteiger charge is -2.21. The number of halogens is 1. The third-order valence-corrected chi connectivity index (χ3v) is 4.58. The molecule has 0 bridgehead atoms. The van der Waals surface area contributed by atoms with E-state index in [4.69, 9.17) is 0 Å².